The van der Waals surface area contributed by atoms with Gasteiger partial charge in [0.2, 0.25) is 5.91 Å². The van der Waals surface area contributed by atoms with Crippen LogP contribution in [0.5, 0.6) is 0 Å². The number of benzene rings is 1. The molecule has 1 amide bonds. The molecule has 1 saturated carbocycles. The molecule has 1 aromatic carbocycles. The second-order valence-corrected chi connectivity index (χ2v) is 8.27. The summed E-state index contributed by atoms with van der Waals surface area (Å²) in [6, 6.07) is 8.48. The predicted octanol–water partition coefficient (Wildman–Crippen LogP) is 1.84. The number of aryl methyl sites for hydroxylation is 1. The van der Waals surface area contributed by atoms with E-state index in [0.29, 0.717) is 32.7 Å². The largest absolute Gasteiger partial charge is 0.481 e. The maximum Gasteiger partial charge on any atom is 0.311 e. The van der Waals surface area contributed by atoms with Gasteiger partial charge in [0.05, 0.1) is 12.0 Å². The first-order valence-electron chi connectivity index (χ1n) is 9.25. The molecule has 2 saturated heterocycles. The fraction of sp³-hybridized carbons (Fsp3) is 0.600. The number of carboxylic acid groups (broad SMARTS) is 1. The Morgan fingerprint density at radius 2 is 2.08 bits per heavy atom. The molecule has 5 heteroatoms. The zero-order valence-corrected chi connectivity index (χ0v) is 14.2. The van der Waals surface area contributed by atoms with E-state index in [1.165, 1.54) is 11.1 Å². The average Bonchev–Trinajstić information content (AvgIpc) is 3.03. The maximum atomic E-state index is 13.2. The molecule has 2 heterocycles. The van der Waals surface area contributed by atoms with E-state index in [2.05, 4.69) is 24.3 Å². The summed E-state index contributed by atoms with van der Waals surface area (Å²) in [7, 11) is 0. The van der Waals surface area contributed by atoms with Crippen molar-refractivity contribution in [3.63, 3.8) is 0 Å². The number of ether oxygens (including phenoxy) is 1. The molecule has 2 aliphatic carbocycles. The first kappa shape index (κ1) is 15.4. The number of aliphatic carboxylic acids is 1. The van der Waals surface area contributed by atoms with Crippen LogP contribution in [0.15, 0.2) is 24.3 Å². The van der Waals surface area contributed by atoms with Crippen molar-refractivity contribution in [2.75, 3.05) is 26.3 Å². The van der Waals surface area contributed by atoms with E-state index in [-0.39, 0.29) is 23.2 Å². The lowest BCUT2D eigenvalue weighted by atomic mass is 9.74. The Kier molecular flexibility index (Phi) is 3.12. The molecule has 5 nitrogen and oxygen atoms in total. The van der Waals surface area contributed by atoms with Crippen LogP contribution < -0.4 is 0 Å². The van der Waals surface area contributed by atoms with Crippen LogP contribution in [-0.2, 0) is 26.2 Å². The van der Waals surface area contributed by atoms with Gasteiger partial charge in [-0.3, -0.25) is 9.59 Å². The Morgan fingerprint density at radius 1 is 1.24 bits per heavy atom. The third-order valence-corrected chi connectivity index (χ3v) is 7.21. The minimum atomic E-state index is -0.802. The summed E-state index contributed by atoms with van der Waals surface area (Å²) in [6.07, 6.45) is 3.53. The number of nitrogens with zero attached hydrogens (tertiary/aromatic N) is 1. The zero-order valence-electron chi connectivity index (χ0n) is 14.2. The fourth-order valence-electron chi connectivity index (χ4n) is 5.61. The van der Waals surface area contributed by atoms with E-state index >= 15 is 0 Å². The lowest BCUT2D eigenvalue weighted by molar-refractivity contribution is -0.157. The third kappa shape index (κ3) is 1.99. The summed E-state index contributed by atoms with van der Waals surface area (Å²) in [5, 5.41) is 9.79. The Morgan fingerprint density at radius 3 is 2.88 bits per heavy atom. The number of carbonyl (C=O) groups excluding carboxylic acids is 1. The van der Waals surface area contributed by atoms with Crippen molar-refractivity contribution >= 4 is 11.9 Å². The highest BCUT2D eigenvalue weighted by Crippen LogP contribution is 2.62. The first-order chi connectivity index (χ1) is 12.1. The highest BCUT2D eigenvalue weighted by atomic mass is 16.5. The highest BCUT2D eigenvalue weighted by Gasteiger charge is 2.64. The van der Waals surface area contributed by atoms with Gasteiger partial charge in [-0.25, -0.2) is 0 Å². The first-order valence-corrected chi connectivity index (χ1v) is 9.25. The van der Waals surface area contributed by atoms with Gasteiger partial charge in [-0.2, -0.15) is 0 Å². The van der Waals surface area contributed by atoms with Crippen molar-refractivity contribution in [3.05, 3.63) is 35.4 Å². The monoisotopic (exact) mass is 341 g/mol. The van der Waals surface area contributed by atoms with Crippen LogP contribution in [0.3, 0.4) is 0 Å². The number of fused-ring (bicyclic) bond motifs is 3. The number of carbonyl (C=O) groups is 2. The summed E-state index contributed by atoms with van der Waals surface area (Å²) in [4.78, 5) is 26.9. The van der Waals surface area contributed by atoms with Gasteiger partial charge in [-0.15, -0.1) is 0 Å². The molecule has 2 aliphatic heterocycles. The normalized spacial score (nSPS) is 38.5. The van der Waals surface area contributed by atoms with Gasteiger partial charge >= 0.3 is 5.97 Å². The van der Waals surface area contributed by atoms with Crippen LogP contribution in [0.1, 0.15) is 30.4 Å². The second-order valence-electron chi connectivity index (χ2n) is 8.27. The molecule has 0 bridgehead atoms. The fourth-order valence-corrected chi connectivity index (χ4v) is 5.61. The highest BCUT2D eigenvalue weighted by molar-refractivity contribution is 5.87. The van der Waals surface area contributed by atoms with Crippen molar-refractivity contribution in [1.82, 2.24) is 4.90 Å². The standard InChI is InChI=1S/C20H23NO4/c22-17(16-9-19(16)6-5-13-3-1-2-4-15(13)19)21-10-14-11-25-8-7-20(14,12-21)18(23)24/h1-4,14,16H,5-12H2,(H,23,24)/t14-,16?,19?,20+/m0/s1. The summed E-state index contributed by atoms with van der Waals surface area (Å²) < 4.78 is 5.50. The van der Waals surface area contributed by atoms with Crippen LogP contribution in [0, 0.1) is 17.3 Å². The minimum Gasteiger partial charge on any atom is -0.481 e. The van der Waals surface area contributed by atoms with Gasteiger partial charge in [0.1, 0.15) is 0 Å². The zero-order chi connectivity index (χ0) is 17.2. The van der Waals surface area contributed by atoms with Gasteiger partial charge in [0.15, 0.2) is 0 Å². The molecule has 1 N–H and O–H groups in total. The Balaban J connectivity index is 1.38. The predicted molar refractivity (Wildman–Crippen MR) is 90.1 cm³/mol. The van der Waals surface area contributed by atoms with Crippen molar-refractivity contribution in [1.29, 1.82) is 0 Å². The number of rotatable bonds is 2. The molecular weight excluding hydrogens is 318 g/mol. The third-order valence-electron chi connectivity index (χ3n) is 7.21. The van der Waals surface area contributed by atoms with Gasteiger partial charge in [0, 0.05) is 36.9 Å². The summed E-state index contributed by atoms with van der Waals surface area (Å²) in [5.41, 5.74) is 1.95. The van der Waals surface area contributed by atoms with Crippen molar-refractivity contribution in [2.45, 2.75) is 31.1 Å². The van der Waals surface area contributed by atoms with Gasteiger partial charge in [-0.1, -0.05) is 24.3 Å². The smallest absolute Gasteiger partial charge is 0.311 e. The van der Waals surface area contributed by atoms with Crippen LogP contribution in [-0.4, -0.2) is 48.2 Å². The Hall–Kier alpha value is -1.88. The van der Waals surface area contributed by atoms with E-state index in [9.17, 15) is 14.7 Å². The molecule has 2 unspecified atom stereocenters. The minimum absolute atomic E-state index is 0.0221. The molecule has 1 aromatic rings. The van der Waals surface area contributed by atoms with Crippen LogP contribution in [0.2, 0.25) is 0 Å². The molecule has 0 radical (unpaired) electrons. The number of likely N-dealkylation sites (tertiary alicyclic amines) is 1. The number of hydrogen-bond donors (Lipinski definition) is 1. The van der Waals surface area contributed by atoms with Crippen LogP contribution >= 0.6 is 0 Å². The molecule has 0 aromatic heterocycles. The van der Waals surface area contributed by atoms with Gasteiger partial charge in [-0.05, 0) is 36.8 Å². The van der Waals surface area contributed by atoms with Crippen LogP contribution in [0.4, 0.5) is 0 Å². The summed E-state index contributed by atoms with van der Waals surface area (Å²) in [5.74, 6) is -0.657. The summed E-state index contributed by atoms with van der Waals surface area (Å²) >= 11 is 0. The quantitative estimate of drug-likeness (QED) is 0.891. The Bertz CT molecular complexity index is 762. The number of amides is 1. The molecule has 132 valence electrons. The van der Waals surface area contributed by atoms with E-state index in [4.69, 9.17) is 4.74 Å². The van der Waals surface area contributed by atoms with Crippen molar-refractivity contribution in [3.8, 4) is 0 Å². The Labute approximate surface area is 147 Å². The molecule has 5 rings (SSSR count). The lowest BCUT2D eigenvalue weighted by Crippen LogP contribution is -2.45. The molecule has 4 atom stereocenters. The lowest BCUT2D eigenvalue weighted by Gasteiger charge is -2.33. The molecule has 1 spiro atoms. The molecule has 25 heavy (non-hydrogen) atoms. The van der Waals surface area contributed by atoms with Gasteiger partial charge in [0.25, 0.3) is 0 Å². The van der Waals surface area contributed by atoms with E-state index in [0.717, 1.165) is 19.3 Å². The second kappa shape index (κ2) is 5.07. The maximum absolute atomic E-state index is 13.2. The van der Waals surface area contributed by atoms with E-state index in [1.54, 1.807) is 0 Å². The van der Waals surface area contributed by atoms with E-state index in [1.807, 2.05) is 4.90 Å². The molecular formula is C20H23NO4. The summed E-state index contributed by atoms with van der Waals surface area (Å²) in [6.45, 7) is 1.81. The van der Waals surface area contributed by atoms with E-state index < -0.39 is 11.4 Å². The molecule has 4 aliphatic rings. The topological polar surface area (TPSA) is 66.8 Å². The SMILES string of the molecule is O=C(C1CC12CCc1ccccc12)N1C[C@H]2COCC[C@@]2(C(=O)O)C1. The molecule has 3 fully saturated rings. The van der Waals surface area contributed by atoms with Crippen molar-refractivity contribution < 1.29 is 19.4 Å². The van der Waals surface area contributed by atoms with Crippen molar-refractivity contribution in [2.24, 2.45) is 17.3 Å². The number of hydrogen-bond acceptors (Lipinski definition) is 3. The van der Waals surface area contributed by atoms with Crippen LogP contribution in [0.25, 0.3) is 0 Å². The average molecular weight is 341 g/mol. The number of carboxylic acids is 1. The van der Waals surface area contributed by atoms with Gasteiger partial charge < -0.3 is 14.7 Å².